The number of allylic oxidation sites excluding steroid dienone is 4. The van der Waals surface area contributed by atoms with Crippen LogP contribution in [0.1, 0.15) is 25.7 Å². The van der Waals surface area contributed by atoms with Crippen LogP contribution in [0.3, 0.4) is 0 Å². The molecule has 0 radical (unpaired) electrons. The first-order valence-corrected chi connectivity index (χ1v) is 19.1. The molecular weight excluding hydrogens is 489 g/mol. The summed E-state index contributed by atoms with van der Waals surface area (Å²) in [5.41, 5.74) is 8.21. The summed E-state index contributed by atoms with van der Waals surface area (Å²) in [5.74, 6) is 0. The van der Waals surface area contributed by atoms with Crippen molar-refractivity contribution in [1.82, 2.24) is 0 Å². The molecule has 4 aromatic rings. The van der Waals surface area contributed by atoms with Crippen molar-refractivity contribution >= 4 is 36.9 Å². The summed E-state index contributed by atoms with van der Waals surface area (Å²) >= 11 is 0. The van der Waals surface area contributed by atoms with E-state index in [1.807, 2.05) is 0 Å². The minimum Gasteiger partial charge on any atom is -0.0858 e. The van der Waals surface area contributed by atoms with Crippen molar-refractivity contribution in [3.05, 3.63) is 156 Å². The molecule has 0 nitrogen and oxygen atoms in total. The molecule has 0 N–H and O–H groups in total. The van der Waals surface area contributed by atoms with E-state index in [-0.39, 0.29) is 0 Å². The highest BCUT2D eigenvalue weighted by Crippen LogP contribution is 2.28. The molecule has 5 rings (SSSR count). The van der Waals surface area contributed by atoms with Gasteiger partial charge in [0.25, 0.3) is 0 Å². The first kappa shape index (κ1) is 26.2. The van der Waals surface area contributed by atoms with Crippen LogP contribution in [0.15, 0.2) is 156 Å². The van der Waals surface area contributed by atoms with Gasteiger partial charge in [-0.25, -0.2) is 0 Å². The summed E-state index contributed by atoms with van der Waals surface area (Å²) in [4.78, 5) is 0. The zero-order valence-corrected chi connectivity index (χ0v) is 24.7. The molecule has 38 heavy (non-hydrogen) atoms. The average Bonchev–Trinajstić information content (AvgIpc) is 3.01. The highest BCUT2D eigenvalue weighted by molar-refractivity contribution is 7.05. The van der Waals surface area contributed by atoms with E-state index in [9.17, 15) is 0 Å². The Morgan fingerprint density at radius 3 is 0.947 bits per heavy atom. The first-order valence-electron chi connectivity index (χ1n) is 13.9. The lowest BCUT2D eigenvalue weighted by Gasteiger charge is -2.27. The van der Waals surface area contributed by atoms with Crippen molar-refractivity contribution in [2.24, 2.45) is 0 Å². The largest absolute Gasteiger partial charge is 0.138 e. The third kappa shape index (κ3) is 5.67. The van der Waals surface area contributed by atoms with Gasteiger partial charge in [0.2, 0.25) is 0 Å². The van der Waals surface area contributed by atoms with E-state index in [1.54, 1.807) is 0 Å². The Labute approximate surface area is 231 Å². The van der Waals surface area contributed by atoms with Crippen LogP contribution in [-0.4, -0.2) is 16.1 Å². The van der Waals surface area contributed by atoms with E-state index in [2.05, 4.69) is 158 Å². The van der Waals surface area contributed by atoms with E-state index in [0.29, 0.717) is 0 Å². The molecule has 0 fully saturated rings. The summed E-state index contributed by atoms with van der Waals surface area (Å²) in [6.45, 7) is 4.98. The Hall–Kier alpha value is -3.47. The summed E-state index contributed by atoms with van der Waals surface area (Å²) in [6.07, 6.45) is 9.87. The lowest BCUT2D eigenvalue weighted by atomic mass is 9.92. The quantitative estimate of drug-likeness (QED) is 0.221. The Bertz CT molecular complexity index is 1210. The summed E-state index contributed by atoms with van der Waals surface area (Å²) < 4.78 is 0. The van der Waals surface area contributed by atoms with E-state index in [4.69, 9.17) is 0 Å². The van der Waals surface area contributed by atoms with E-state index in [0.717, 1.165) is 0 Å². The van der Waals surface area contributed by atoms with E-state index >= 15 is 0 Å². The maximum Gasteiger partial charge on any atom is 0.138 e. The molecule has 0 heterocycles. The van der Waals surface area contributed by atoms with Gasteiger partial charge >= 0.3 is 0 Å². The normalized spacial score (nSPS) is 14.9. The van der Waals surface area contributed by atoms with Crippen LogP contribution in [0.5, 0.6) is 0 Å². The second kappa shape index (κ2) is 11.9. The fourth-order valence-corrected chi connectivity index (χ4v) is 11.8. The van der Waals surface area contributed by atoms with Crippen LogP contribution in [0.25, 0.3) is 0 Å². The minimum atomic E-state index is -2.01. The van der Waals surface area contributed by atoms with Gasteiger partial charge in [-0.1, -0.05) is 179 Å². The van der Waals surface area contributed by atoms with Crippen molar-refractivity contribution in [3.8, 4) is 0 Å². The lowest BCUT2D eigenvalue weighted by Crippen LogP contribution is -2.54. The number of hydrogen-bond donors (Lipinski definition) is 0. The third-order valence-electron chi connectivity index (χ3n) is 8.28. The molecule has 0 amide bonds. The smallest absolute Gasteiger partial charge is 0.0858 e. The van der Waals surface area contributed by atoms with Gasteiger partial charge in [0.05, 0.1) is 0 Å². The van der Waals surface area contributed by atoms with Gasteiger partial charge in [0, 0.05) is 0 Å². The van der Waals surface area contributed by atoms with Crippen molar-refractivity contribution in [1.29, 1.82) is 0 Å². The molecule has 0 unspecified atom stereocenters. The molecule has 1 aliphatic carbocycles. The molecule has 0 spiro atoms. The van der Waals surface area contributed by atoms with Crippen molar-refractivity contribution < 1.29 is 0 Å². The first-order chi connectivity index (χ1) is 18.6. The van der Waals surface area contributed by atoms with E-state index in [1.165, 1.54) is 57.6 Å². The molecule has 0 saturated carbocycles. The van der Waals surface area contributed by atoms with Gasteiger partial charge < -0.3 is 0 Å². The third-order valence-corrected chi connectivity index (χ3v) is 16.1. The van der Waals surface area contributed by atoms with Crippen LogP contribution < -0.4 is 20.7 Å². The average molecular weight is 527 g/mol. The number of benzene rings is 4. The number of hydrogen-bond acceptors (Lipinski definition) is 0. The Balaban J connectivity index is 1.55. The Morgan fingerprint density at radius 1 is 0.421 bits per heavy atom. The van der Waals surface area contributed by atoms with Crippen molar-refractivity contribution in [3.63, 3.8) is 0 Å². The highest BCUT2D eigenvalue weighted by Gasteiger charge is 2.30. The van der Waals surface area contributed by atoms with E-state index < -0.39 is 16.1 Å². The molecule has 0 aromatic heterocycles. The van der Waals surface area contributed by atoms with Crippen LogP contribution in [0.4, 0.5) is 0 Å². The van der Waals surface area contributed by atoms with Crippen molar-refractivity contribution in [2.45, 2.75) is 38.8 Å². The monoisotopic (exact) mass is 526 g/mol. The van der Waals surface area contributed by atoms with Gasteiger partial charge in [-0.3, -0.25) is 0 Å². The second-order valence-electron chi connectivity index (χ2n) is 10.8. The van der Waals surface area contributed by atoms with Gasteiger partial charge in [-0.05, 0) is 36.8 Å². The fourth-order valence-electron chi connectivity index (χ4n) is 5.72. The highest BCUT2D eigenvalue weighted by atomic mass is 28.3. The lowest BCUT2D eigenvalue weighted by molar-refractivity contribution is 0.693. The van der Waals surface area contributed by atoms with Crippen molar-refractivity contribution in [2.75, 3.05) is 0 Å². The zero-order chi connectivity index (χ0) is 26.3. The van der Waals surface area contributed by atoms with Crippen LogP contribution in [0.2, 0.25) is 13.1 Å². The summed E-state index contributed by atoms with van der Waals surface area (Å²) in [7, 11) is -4.02. The Morgan fingerprint density at radius 2 is 0.684 bits per heavy atom. The predicted molar refractivity (Wildman–Crippen MR) is 171 cm³/mol. The molecular formula is C36H38Si2. The van der Waals surface area contributed by atoms with Gasteiger partial charge in [0.15, 0.2) is 0 Å². The fraction of sp³-hybridized carbons (Fsp3) is 0.167. The Kier molecular flexibility index (Phi) is 8.21. The van der Waals surface area contributed by atoms with Gasteiger partial charge in [0.1, 0.15) is 16.1 Å². The molecule has 0 saturated heterocycles. The van der Waals surface area contributed by atoms with Crippen LogP contribution >= 0.6 is 0 Å². The SMILES string of the molecule is C[Si](/C=C/C1=C(/C=C/[Si](C)(c2ccccc2)c2ccccc2)CCCC1)(c1ccccc1)c1ccccc1. The number of rotatable bonds is 8. The molecule has 4 aromatic carbocycles. The molecule has 1 aliphatic rings. The molecule has 0 aliphatic heterocycles. The minimum absolute atomic E-state index is 1.17. The molecule has 0 bridgehead atoms. The summed E-state index contributed by atoms with van der Waals surface area (Å²) in [6, 6.07) is 44.5. The maximum absolute atomic E-state index is 2.58. The van der Waals surface area contributed by atoms with Gasteiger partial charge in [-0.2, -0.15) is 0 Å². The second-order valence-corrected chi connectivity index (χ2v) is 18.6. The van der Waals surface area contributed by atoms with Gasteiger partial charge in [-0.15, -0.1) is 0 Å². The predicted octanol–water partition coefficient (Wildman–Crippen LogP) is 6.83. The molecule has 190 valence electrons. The molecule has 0 atom stereocenters. The standard InChI is InChI=1S/C36H38Si2/c1-37(33-19-7-3-8-20-33,34-21-9-4-10-22-34)29-27-31-17-15-16-18-32(31)28-30-38(2,35-23-11-5-12-24-35)36-25-13-6-14-26-36/h3-14,19-30H,15-18H2,1-2H3/b29-27+,30-28+. The zero-order valence-electron chi connectivity index (χ0n) is 22.7. The maximum atomic E-state index is 2.58. The molecule has 2 heteroatoms. The topological polar surface area (TPSA) is 0 Å². The van der Waals surface area contributed by atoms with Crippen LogP contribution in [-0.2, 0) is 0 Å². The van der Waals surface area contributed by atoms with Crippen LogP contribution in [0, 0.1) is 0 Å². The summed E-state index contributed by atoms with van der Waals surface area (Å²) in [5, 5.41) is 5.85.